The Morgan fingerprint density at radius 3 is 2.94 bits per heavy atom. The van der Waals surface area contributed by atoms with Gasteiger partial charge in [-0.2, -0.15) is 0 Å². The van der Waals surface area contributed by atoms with Crippen molar-refractivity contribution < 1.29 is 4.74 Å². The summed E-state index contributed by atoms with van der Waals surface area (Å²) in [7, 11) is 2.13. The maximum Gasteiger partial charge on any atom is 0.0703 e. The number of likely N-dealkylation sites (N-methyl/N-ethyl adjacent to an activating group) is 1. The van der Waals surface area contributed by atoms with Crippen LogP contribution in [0.15, 0.2) is 11.4 Å². The number of halogens is 1. The molecule has 1 aromatic heterocycles. The molecule has 0 amide bonds. The van der Waals surface area contributed by atoms with Gasteiger partial charge in [-0.15, -0.1) is 11.3 Å². The second-order valence-electron chi connectivity index (χ2n) is 4.52. The van der Waals surface area contributed by atoms with E-state index in [1.54, 1.807) is 11.3 Å². The van der Waals surface area contributed by atoms with Gasteiger partial charge in [-0.25, -0.2) is 0 Å². The van der Waals surface area contributed by atoms with Crippen molar-refractivity contribution in [2.75, 3.05) is 20.2 Å². The van der Waals surface area contributed by atoms with Crippen LogP contribution in [0.3, 0.4) is 0 Å². The van der Waals surface area contributed by atoms with Crippen LogP contribution >= 0.6 is 22.9 Å². The van der Waals surface area contributed by atoms with Crippen LogP contribution in [0, 0.1) is 0 Å². The van der Waals surface area contributed by atoms with Crippen molar-refractivity contribution in [1.82, 2.24) is 4.90 Å². The predicted molar refractivity (Wildman–Crippen MR) is 72.7 cm³/mol. The zero-order valence-electron chi connectivity index (χ0n) is 10.2. The molecule has 3 unspecified atom stereocenters. The molecular weight excluding hydrogens is 256 g/mol. The van der Waals surface area contributed by atoms with Crippen molar-refractivity contribution in [1.29, 1.82) is 0 Å². The minimum atomic E-state index is 0.238. The van der Waals surface area contributed by atoms with E-state index in [9.17, 15) is 0 Å². The van der Waals surface area contributed by atoms with Gasteiger partial charge in [0, 0.05) is 29.5 Å². The summed E-state index contributed by atoms with van der Waals surface area (Å²) in [6.07, 6.45) is 1.36. The molecule has 0 bridgehead atoms. The molecule has 96 valence electrons. The molecule has 5 heteroatoms. The summed E-state index contributed by atoms with van der Waals surface area (Å²) in [5.41, 5.74) is 5.91. The zero-order chi connectivity index (χ0) is 12.4. The predicted octanol–water partition coefficient (Wildman–Crippen LogP) is 2.51. The molecule has 2 heterocycles. The molecular formula is C12H19ClN2OS. The topological polar surface area (TPSA) is 38.5 Å². The molecule has 0 aromatic carbocycles. The van der Waals surface area contributed by atoms with Crippen LogP contribution in [-0.4, -0.2) is 37.2 Å². The quantitative estimate of drug-likeness (QED) is 0.917. The highest BCUT2D eigenvalue weighted by molar-refractivity contribution is 7.10. The summed E-state index contributed by atoms with van der Waals surface area (Å²) in [6.45, 7) is 3.58. The molecule has 17 heavy (non-hydrogen) atoms. The fraction of sp³-hybridized carbons (Fsp3) is 0.667. The summed E-state index contributed by atoms with van der Waals surface area (Å²) in [5, 5.41) is 2.76. The monoisotopic (exact) mass is 274 g/mol. The number of nitrogens with two attached hydrogens (primary N) is 1. The second kappa shape index (κ2) is 5.67. The van der Waals surface area contributed by atoms with Crippen LogP contribution in [0.5, 0.6) is 0 Å². The molecule has 1 saturated heterocycles. The molecule has 0 aliphatic carbocycles. The molecule has 0 spiro atoms. The van der Waals surface area contributed by atoms with Crippen LogP contribution in [0.2, 0.25) is 5.02 Å². The Morgan fingerprint density at radius 2 is 2.47 bits per heavy atom. The molecule has 1 aliphatic rings. The average molecular weight is 275 g/mol. The zero-order valence-corrected chi connectivity index (χ0v) is 11.8. The molecule has 1 fully saturated rings. The third-order valence-corrected chi connectivity index (χ3v) is 4.87. The SMILES string of the molecule is CC1OCCC1N(C)C(CN)c1cc(Cl)cs1. The summed E-state index contributed by atoms with van der Waals surface area (Å²) >= 11 is 7.66. The van der Waals surface area contributed by atoms with Gasteiger partial charge in [0.05, 0.1) is 17.2 Å². The van der Waals surface area contributed by atoms with E-state index < -0.39 is 0 Å². The summed E-state index contributed by atoms with van der Waals surface area (Å²) in [6, 6.07) is 2.70. The van der Waals surface area contributed by atoms with Crippen LogP contribution in [0.4, 0.5) is 0 Å². The van der Waals surface area contributed by atoms with E-state index in [2.05, 4.69) is 18.9 Å². The van der Waals surface area contributed by atoms with Crippen LogP contribution < -0.4 is 5.73 Å². The van der Waals surface area contributed by atoms with Gasteiger partial charge in [-0.1, -0.05) is 11.6 Å². The Kier molecular flexibility index (Phi) is 4.44. The number of nitrogens with zero attached hydrogens (tertiary/aromatic N) is 1. The Balaban J connectivity index is 2.12. The number of thiophene rings is 1. The highest BCUT2D eigenvalue weighted by Gasteiger charge is 2.32. The van der Waals surface area contributed by atoms with Crippen LogP contribution in [-0.2, 0) is 4.74 Å². The van der Waals surface area contributed by atoms with E-state index in [1.165, 1.54) is 4.88 Å². The van der Waals surface area contributed by atoms with Gasteiger partial charge in [0.25, 0.3) is 0 Å². The van der Waals surface area contributed by atoms with E-state index >= 15 is 0 Å². The average Bonchev–Trinajstić information content (AvgIpc) is 2.88. The first-order chi connectivity index (χ1) is 8.13. The van der Waals surface area contributed by atoms with Gasteiger partial charge in [0.1, 0.15) is 0 Å². The van der Waals surface area contributed by atoms with E-state index in [4.69, 9.17) is 22.1 Å². The van der Waals surface area contributed by atoms with Crippen LogP contribution in [0.1, 0.15) is 24.3 Å². The standard InChI is InChI=1S/C12H19ClN2OS/c1-8-10(3-4-16-8)15(2)11(6-14)12-5-9(13)7-17-12/h5,7-8,10-11H,3-4,6,14H2,1-2H3. The maximum absolute atomic E-state index is 5.98. The minimum absolute atomic E-state index is 0.238. The van der Waals surface area contributed by atoms with Gasteiger partial charge < -0.3 is 10.5 Å². The third kappa shape index (κ3) is 2.83. The van der Waals surface area contributed by atoms with Gasteiger partial charge in [0.15, 0.2) is 0 Å². The Hall–Kier alpha value is -0.130. The molecule has 0 saturated carbocycles. The van der Waals surface area contributed by atoms with Gasteiger partial charge >= 0.3 is 0 Å². The van der Waals surface area contributed by atoms with Crippen molar-refractivity contribution in [3.8, 4) is 0 Å². The molecule has 2 N–H and O–H groups in total. The van der Waals surface area contributed by atoms with E-state index in [0.717, 1.165) is 18.1 Å². The van der Waals surface area contributed by atoms with Crippen molar-refractivity contribution in [3.63, 3.8) is 0 Å². The first-order valence-electron chi connectivity index (χ1n) is 5.91. The molecule has 3 nitrogen and oxygen atoms in total. The number of hydrogen-bond donors (Lipinski definition) is 1. The van der Waals surface area contributed by atoms with Crippen molar-refractivity contribution in [3.05, 3.63) is 21.3 Å². The first-order valence-corrected chi connectivity index (χ1v) is 7.16. The number of rotatable bonds is 4. The highest BCUT2D eigenvalue weighted by atomic mass is 35.5. The summed E-state index contributed by atoms with van der Waals surface area (Å²) < 4.78 is 5.62. The fourth-order valence-electron chi connectivity index (χ4n) is 2.47. The molecule has 1 aromatic rings. The summed E-state index contributed by atoms with van der Waals surface area (Å²) in [4.78, 5) is 3.57. The lowest BCUT2D eigenvalue weighted by Gasteiger charge is -2.33. The van der Waals surface area contributed by atoms with E-state index in [-0.39, 0.29) is 12.1 Å². The van der Waals surface area contributed by atoms with E-state index in [1.807, 2.05) is 11.4 Å². The van der Waals surface area contributed by atoms with Crippen molar-refractivity contribution in [2.45, 2.75) is 31.5 Å². The normalized spacial score (nSPS) is 26.6. The van der Waals surface area contributed by atoms with Crippen molar-refractivity contribution >= 4 is 22.9 Å². The molecule has 1 aliphatic heterocycles. The van der Waals surface area contributed by atoms with Gasteiger partial charge in [-0.05, 0) is 26.5 Å². The molecule has 3 atom stereocenters. The Labute approximate surface area is 112 Å². The fourth-order valence-corrected chi connectivity index (χ4v) is 3.72. The smallest absolute Gasteiger partial charge is 0.0703 e. The first kappa shape index (κ1) is 13.3. The second-order valence-corrected chi connectivity index (χ2v) is 5.90. The van der Waals surface area contributed by atoms with E-state index in [0.29, 0.717) is 12.6 Å². The van der Waals surface area contributed by atoms with Crippen molar-refractivity contribution in [2.24, 2.45) is 5.73 Å². The molecule has 2 rings (SSSR count). The Morgan fingerprint density at radius 1 is 1.71 bits per heavy atom. The van der Waals surface area contributed by atoms with Gasteiger partial charge in [0.2, 0.25) is 0 Å². The lowest BCUT2D eigenvalue weighted by Crippen LogP contribution is -2.41. The number of ether oxygens (including phenoxy) is 1. The highest BCUT2D eigenvalue weighted by Crippen LogP contribution is 2.31. The molecule has 0 radical (unpaired) electrons. The largest absolute Gasteiger partial charge is 0.377 e. The third-order valence-electron chi connectivity index (χ3n) is 3.49. The lowest BCUT2D eigenvalue weighted by atomic mass is 10.1. The Bertz CT molecular complexity index is 371. The lowest BCUT2D eigenvalue weighted by molar-refractivity contribution is 0.0692. The van der Waals surface area contributed by atoms with Crippen LogP contribution in [0.25, 0.3) is 0 Å². The summed E-state index contributed by atoms with van der Waals surface area (Å²) in [5.74, 6) is 0. The maximum atomic E-state index is 5.98. The number of hydrogen-bond acceptors (Lipinski definition) is 4. The van der Waals surface area contributed by atoms with Gasteiger partial charge in [-0.3, -0.25) is 4.90 Å². The minimum Gasteiger partial charge on any atom is -0.377 e.